The van der Waals surface area contributed by atoms with E-state index in [-0.39, 0.29) is 11.2 Å². The van der Waals surface area contributed by atoms with Crippen molar-refractivity contribution < 1.29 is 8.42 Å². The van der Waals surface area contributed by atoms with Gasteiger partial charge >= 0.3 is 0 Å². The lowest BCUT2D eigenvalue weighted by molar-refractivity contribution is 0.310. The molecule has 19 heavy (non-hydrogen) atoms. The summed E-state index contributed by atoms with van der Waals surface area (Å²) in [7, 11) is -1.63. The fraction of sp³-hybridized carbons (Fsp3) is 0.571. The van der Waals surface area contributed by atoms with E-state index in [1.54, 1.807) is 7.05 Å². The van der Waals surface area contributed by atoms with Gasteiger partial charge in [-0.05, 0) is 16.5 Å². The Labute approximate surface area is 121 Å². The highest BCUT2D eigenvalue weighted by molar-refractivity contribution is 7.88. The number of alkyl halides is 1. The van der Waals surface area contributed by atoms with Gasteiger partial charge in [-0.15, -0.1) is 11.6 Å². The molecule has 0 aliphatic rings. The maximum Gasteiger partial charge on any atom is 0.218 e. The fourth-order valence-corrected chi connectivity index (χ4v) is 3.41. The maximum absolute atomic E-state index is 12.2. The van der Waals surface area contributed by atoms with Crippen LogP contribution >= 0.6 is 11.6 Å². The second-order valence-corrected chi connectivity index (χ2v) is 8.37. The molecule has 0 atom stereocenters. The van der Waals surface area contributed by atoms with Crippen molar-refractivity contribution in [1.82, 2.24) is 4.31 Å². The van der Waals surface area contributed by atoms with Crippen LogP contribution in [-0.2, 0) is 21.7 Å². The molecule has 0 aliphatic carbocycles. The molecule has 0 fully saturated rings. The van der Waals surface area contributed by atoms with E-state index in [9.17, 15) is 8.42 Å². The second-order valence-electron chi connectivity index (χ2n) is 6.02. The Morgan fingerprint density at radius 3 is 2.00 bits per heavy atom. The number of sulfonamides is 1. The summed E-state index contributed by atoms with van der Waals surface area (Å²) in [5, 5.41) is 0. The molecule has 0 heterocycles. The monoisotopic (exact) mass is 303 g/mol. The first-order valence-electron chi connectivity index (χ1n) is 6.22. The van der Waals surface area contributed by atoms with Gasteiger partial charge in [0.05, 0.1) is 5.75 Å². The van der Waals surface area contributed by atoms with Crippen molar-refractivity contribution in [3.05, 3.63) is 35.4 Å². The molecule has 0 radical (unpaired) electrons. The third-order valence-electron chi connectivity index (χ3n) is 2.70. The van der Waals surface area contributed by atoms with Crippen molar-refractivity contribution in [3.63, 3.8) is 0 Å². The predicted octanol–water partition coefficient (Wildman–Crippen LogP) is 3.23. The number of rotatable bonds is 5. The van der Waals surface area contributed by atoms with E-state index in [0.29, 0.717) is 12.4 Å². The molecule has 1 aromatic rings. The van der Waals surface area contributed by atoms with E-state index >= 15 is 0 Å². The third-order valence-corrected chi connectivity index (χ3v) is 4.78. The third kappa shape index (κ3) is 5.51. The maximum atomic E-state index is 12.2. The number of benzene rings is 1. The lowest BCUT2D eigenvalue weighted by Crippen LogP contribution is -2.35. The molecule has 1 rings (SSSR count). The largest absolute Gasteiger partial charge is 0.218 e. The zero-order chi connectivity index (χ0) is 14.7. The Morgan fingerprint density at radius 2 is 1.58 bits per heavy atom. The van der Waals surface area contributed by atoms with Crippen LogP contribution in [0.5, 0.6) is 0 Å². The average Bonchev–Trinajstić information content (AvgIpc) is 2.27. The van der Waals surface area contributed by atoms with Crippen LogP contribution in [-0.4, -0.2) is 26.3 Å². The van der Waals surface area contributed by atoms with Gasteiger partial charge in [0, 0.05) is 19.5 Å². The molecule has 0 saturated carbocycles. The van der Waals surface area contributed by atoms with Crippen LogP contribution in [0.2, 0.25) is 0 Å². The van der Waals surface area contributed by atoms with E-state index in [0.717, 1.165) is 11.1 Å². The highest BCUT2D eigenvalue weighted by Gasteiger charge is 2.23. The van der Waals surface area contributed by atoms with Crippen LogP contribution in [0, 0.1) is 5.41 Å². The summed E-state index contributed by atoms with van der Waals surface area (Å²) in [4.78, 5) is 0. The molecule has 0 N–H and O–H groups in total. The molecular weight excluding hydrogens is 282 g/mol. The molecule has 0 aromatic heterocycles. The van der Waals surface area contributed by atoms with Crippen molar-refractivity contribution in [2.24, 2.45) is 5.41 Å². The van der Waals surface area contributed by atoms with Crippen LogP contribution in [0.4, 0.5) is 0 Å². The summed E-state index contributed by atoms with van der Waals surface area (Å²) in [6, 6.07) is 7.36. The van der Waals surface area contributed by atoms with Crippen molar-refractivity contribution in [1.29, 1.82) is 0 Å². The van der Waals surface area contributed by atoms with Crippen LogP contribution in [0.1, 0.15) is 31.9 Å². The molecule has 0 unspecified atom stereocenters. The van der Waals surface area contributed by atoms with E-state index in [2.05, 4.69) is 0 Å². The zero-order valence-corrected chi connectivity index (χ0v) is 13.6. The van der Waals surface area contributed by atoms with Gasteiger partial charge in [0.1, 0.15) is 0 Å². The Balaban J connectivity index is 2.78. The van der Waals surface area contributed by atoms with Crippen LogP contribution in [0.25, 0.3) is 0 Å². The number of hydrogen-bond donors (Lipinski definition) is 0. The zero-order valence-electron chi connectivity index (χ0n) is 12.0. The molecule has 0 amide bonds. The van der Waals surface area contributed by atoms with Gasteiger partial charge in [-0.1, -0.05) is 45.0 Å². The van der Waals surface area contributed by atoms with E-state index in [4.69, 9.17) is 11.6 Å². The minimum absolute atomic E-state index is 0.0299. The van der Waals surface area contributed by atoms with Gasteiger partial charge in [0.2, 0.25) is 10.0 Å². The summed E-state index contributed by atoms with van der Waals surface area (Å²) >= 11 is 5.71. The topological polar surface area (TPSA) is 37.4 Å². The predicted molar refractivity (Wildman–Crippen MR) is 80.7 cm³/mol. The lowest BCUT2D eigenvalue weighted by Gasteiger charge is -2.26. The first-order valence-corrected chi connectivity index (χ1v) is 8.36. The first kappa shape index (κ1) is 16.5. The quantitative estimate of drug-likeness (QED) is 0.783. The highest BCUT2D eigenvalue weighted by Crippen LogP contribution is 2.18. The number of hydrogen-bond acceptors (Lipinski definition) is 2. The molecule has 5 heteroatoms. The Hall–Kier alpha value is -0.580. The smallest absolute Gasteiger partial charge is 0.212 e. The summed E-state index contributed by atoms with van der Waals surface area (Å²) < 4.78 is 25.9. The number of nitrogens with zero attached hydrogens (tertiary/aromatic N) is 1. The average molecular weight is 304 g/mol. The molecule has 1 aromatic carbocycles. The van der Waals surface area contributed by atoms with Gasteiger partial charge in [0.25, 0.3) is 0 Å². The lowest BCUT2D eigenvalue weighted by atomic mass is 9.97. The highest BCUT2D eigenvalue weighted by atomic mass is 35.5. The minimum atomic E-state index is -3.27. The van der Waals surface area contributed by atoms with Crippen LogP contribution in [0.15, 0.2) is 24.3 Å². The second kappa shape index (κ2) is 6.25. The normalized spacial score (nSPS) is 12.9. The Morgan fingerprint density at radius 1 is 1.11 bits per heavy atom. The number of halogens is 1. The fourth-order valence-electron chi connectivity index (χ4n) is 1.81. The summed E-state index contributed by atoms with van der Waals surface area (Å²) in [5.74, 6) is 0.471. The molecule has 3 nitrogen and oxygen atoms in total. The SMILES string of the molecule is CN(CC(C)(C)C)S(=O)(=O)Cc1ccc(CCl)cc1. The standard InChI is InChI=1S/C14H22ClNO2S/c1-14(2,3)11-16(4)19(17,18)10-13-7-5-12(9-15)6-8-13/h5-8H,9-11H2,1-4H3. The molecule has 0 bridgehead atoms. The molecular formula is C14H22ClNO2S. The summed E-state index contributed by atoms with van der Waals surface area (Å²) in [5.41, 5.74) is 1.73. The molecule has 0 saturated heterocycles. The Bertz CT molecular complexity index is 503. The van der Waals surface area contributed by atoms with Crippen molar-refractivity contribution in [2.75, 3.05) is 13.6 Å². The van der Waals surface area contributed by atoms with Gasteiger partial charge in [-0.25, -0.2) is 12.7 Å². The summed E-state index contributed by atoms with van der Waals surface area (Å²) in [6.07, 6.45) is 0. The Kier molecular flexibility index (Phi) is 5.42. The van der Waals surface area contributed by atoms with Crippen molar-refractivity contribution in [3.8, 4) is 0 Å². The molecule has 108 valence electrons. The van der Waals surface area contributed by atoms with E-state index in [1.807, 2.05) is 45.0 Å². The van der Waals surface area contributed by atoms with Gasteiger partial charge in [-0.3, -0.25) is 0 Å². The van der Waals surface area contributed by atoms with Gasteiger partial charge in [-0.2, -0.15) is 0 Å². The van der Waals surface area contributed by atoms with Crippen LogP contribution in [0.3, 0.4) is 0 Å². The van der Waals surface area contributed by atoms with Gasteiger partial charge in [0.15, 0.2) is 0 Å². The minimum Gasteiger partial charge on any atom is -0.212 e. The van der Waals surface area contributed by atoms with Crippen molar-refractivity contribution >= 4 is 21.6 Å². The molecule has 0 aliphatic heterocycles. The first-order chi connectivity index (χ1) is 8.64. The van der Waals surface area contributed by atoms with Crippen molar-refractivity contribution in [2.45, 2.75) is 32.4 Å². The summed E-state index contributed by atoms with van der Waals surface area (Å²) in [6.45, 7) is 6.58. The molecule has 0 spiro atoms. The van der Waals surface area contributed by atoms with E-state index in [1.165, 1.54) is 4.31 Å². The van der Waals surface area contributed by atoms with Gasteiger partial charge < -0.3 is 0 Å². The van der Waals surface area contributed by atoms with Crippen LogP contribution < -0.4 is 0 Å². The van der Waals surface area contributed by atoms with E-state index < -0.39 is 10.0 Å².